The van der Waals surface area contributed by atoms with Crippen LogP contribution in [-0.2, 0) is 6.54 Å². The number of carbonyl (C=O) groups excluding carboxylic acids is 1. The first-order valence-corrected chi connectivity index (χ1v) is 6.45. The fraction of sp³-hybridized carbons (Fsp3) is 0.250. The smallest absolute Gasteiger partial charge is 0.321 e. The van der Waals surface area contributed by atoms with Gasteiger partial charge < -0.3 is 5.32 Å². The number of halogens is 1. The van der Waals surface area contributed by atoms with Crippen LogP contribution in [0.25, 0.3) is 0 Å². The Labute approximate surface area is 101 Å². The summed E-state index contributed by atoms with van der Waals surface area (Å²) in [4.78, 5) is 12.2. The van der Waals surface area contributed by atoms with E-state index in [0.717, 1.165) is 4.88 Å². The molecule has 0 saturated carbocycles. The molecule has 1 rings (SSSR count). The van der Waals surface area contributed by atoms with Gasteiger partial charge in [-0.05, 0) is 18.4 Å². The molecule has 0 fully saturated rings. The number of amidine groups is 1. The zero-order chi connectivity index (χ0) is 11.3. The molecule has 0 aliphatic heterocycles. The molecule has 82 valence electrons. The summed E-state index contributed by atoms with van der Waals surface area (Å²) in [5, 5.41) is 12.3. The summed E-state index contributed by atoms with van der Waals surface area (Å²) < 4.78 is 0.698. The molecule has 1 aromatic rings. The van der Waals surface area contributed by atoms with E-state index < -0.39 is 0 Å². The van der Waals surface area contributed by atoms with Crippen LogP contribution in [0.5, 0.6) is 0 Å². The van der Waals surface area contributed by atoms with E-state index >= 15 is 0 Å². The highest BCUT2D eigenvalue weighted by Crippen LogP contribution is 2.20. The first-order chi connectivity index (χ1) is 7.11. The van der Waals surface area contributed by atoms with Crippen molar-refractivity contribution < 1.29 is 4.79 Å². The molecule has 2 amide bonds. The largest absolute Gasteiger partial charge is 0.333 e. The van der Waals surface area contributed by atoms with E-state index in [0.29, 0.717) is 10.9 Å². The molecular formula is C8H10ClN3OS2. The Kier molecular flexibility index (Phi) is 4.93. The number of amides is 2. The quantitative estimate of drug-likeness (QED) is 0.567. The molecule has 3 N–H and O–H groups in total. The van der Waals surface area contributed by atoms with Crippen LogP contribution in [0.3, 0.4) is 0 Å². The molecule has 0 aliphatic rings. The van der Waals surface area contributed by atoms with Crippen LogP contribution in [0, 0.1) is 5.41 Å². The lowest BCUT2D eigenvalue weighted by Crippen LogP contribution is -2.37. The zero-order valence-electron chi connectivity index (χ0n) is 7.96. The van der Waals surface area contributed by atoms with Gasteiger partial charge in [-0.15, -0.1) is 11.3 Å². The Morgan fingerprint density at radius 2 is 2.40 bits per heavy atom. The molecular weight excluding hydrogens is 254 g/mol. The Hall–Kier alpha value is -0.720. The predicted molar refractivity (Wildman–Crippen MR) is 65.9 cm³/mol. The summed E-state index contributed by atoms with van der Waals surface area (Å²) in [6.07, 6.45) is 1.72. The number of nitrogens with one attached hydrogen (secondary N) is 3. The molecule has 0 radical (unpaired) electrons. The molecule has 7 heteroatoms. The van der Waals surface area contributed by atoms with E-state index in [4.69, 9.17) is 17.0 Å². The summed E-state index contributed by atoms with van der Waals surface area (Å²) in [6, 6.07) is 3.26. The number of urea groups is 1. The number of thiophene rings is 1. The first-order valence-electron chi connectivity index (χ1n) is 4.03. The van der Waals surface area contributed by atoms with Gasteiger partial charge in [0.1, 0.15) is 0 Å². The lowest BCUT2D eigenvalue weighted by molar-refractivity contribution is 0.245. The van der Waals surface area contributed by atoms with Gasteiger partial charge >= 0.3 is 6.03 Å². The van der Waals surface area contributed by atoms with Crippen LogP contribution in [0.2, 0.25) is 4.34 Å². The van der Waals surface area contributed by atoms with Crippen molar-refractivity contribution in [3.05, 3.63) is 21.3 Å². The van der Waals surface area contributed by atoms with E-state index in [9.17, 15) is 4.79 Å². The molecule has 0 spiro atoms. The van der Waals surface area contributed by atoms with Crippen molar-refractivity contribution in [3.63, 3.8) is 0 Å². The van der Waals surface area contributed by atoms with Gasteiger partial charge in [0.25, 0.3) is 0 Å². The third kappa shape index (κ3) is 4.55. The molecule has 15 heavy (non-hydrogen) atoms. The lowest BCUT2D eigenvalue weighted by atomic mass is 10.5. The van der Waals surface area contributed by atoms with Crippen molar-refractivity contribution in [1.82, 2.24) is 10.6 Å². The van der Waals surface area contributed by atoms with E-state index in [1.807, 2.05) is 6.07 Å². The third-order valence-electron chi connectivity index (χ3n) is 1.48. The van der Waals surface area contributed by atoms with E-state index in [2.05, 4.69) is 10.6 Å². The van der Waals surface area contributed by atoms with Crippen LogP contribution in [-0.4, -0.2) is 17.5 Å². The van der Waals surface area contributed by atoms with Crippen LogP contribution >= 0.6 is 34.7 Å². The minimum Gasteiger partial charge on any atom is -0.333 e. The van der Waals surface area contributed by atoms with Gasteiger partial charge in [-0.3, -0.25) is 10.7 Å². The van der Waals surface area contributed by atoms with Gasteiger partial charge in [0, 0.05) is 4.88 Å². The van der Waals surface area contributed by atoms with Gasteiger partial charge in [0.2, 0.25) is 0 Å². The molecule has 1 heterocycles. The summed E-state index contributed by atoms with van der Waals surface area (Å²) in [6.45, 7) is 0.422. The Morgan fingerprint density at radius 1 is 1.67 bits per heavy atom. The Bertz CT molecular complexity index is 367. The van der Waals surface area contributed by atoms with Gasteiger partial charge in [-0.1, -0.05) is 23.4 Å². The van der Waals surface area contributed by atoms with Crippen LogP contribution in [0.15, 0.2) is 12.1 Å². The molecule has 0 aromatic carbocycles. The molecule has 4 nitrogen and oxygen atoms in total. The summed E-state index contributed by atoms with van der Waals surface area (Å²) in [5.41, 5.74) is 0. The SMILES string of the molecule is CSC(=N)NC(=O)NCc1ccc(Cl)s1. The summed E-state index contributed by atoms with van der Waals surface area (Å²) >= 11 is 8.33. The van der Waals surface area contributed by atoms with Gasteiger partial charge in [0.05, 0.1) is 10.9 Å². The van der Waals surface area contributed by atoms with Crippen molar-refractivity contribution in [1.29, 1.82) is 5.41 Å². The second-order valence-electron chi connectivity index (χ2n) is 2.55. The second kappa shape index (κ2) is 5.99. The van der Waals surface area contributed by atoms with Crippen molar-refractivity contribution in [2.24, 2.45) is 0 Å². The third-order valence-corrected chi connectivity index (χ3v) is 3.22. The highest BCUT2D eigenvalue weighted by atomic mass is 35.5. The Morgan fingerprint density at radius 3 is 2.93 bits per heavy atom. The molecule has 0 saturated heterocycles. The minimum atomic E-state index is -0.376. The van der Waals surface area contributed by atoms with Crippen molar-refractivity contribution in [2.75, 3.05) is 6.26 Å². The molecule has 0 bridgehead atoms. The van der Waals surface area contributed by atoms with Gasteiger partial charge in [-0.2, -0.15) is 0 Å². The number of hydrogen-bond acceptors (Lipinski definition) is 4. The normalized spacial score (nSPS) is 9.73. The van der Waals surface area contributed by atoms with Crippen molar-refractivity contribution in [3.8, 4) is 0 Å². The fourth-order valence-corrected chi connectivity index (χ4v) is 2.03. The average molecular weight is 264 g/mol. The summed E-state index contributed by atoms with van der Waals surface area (Å²) in [7, 11) is 0. The monoisotopic (exact) mass is 263 g/mol. The number of carbonyl (C=O) groups is 1. The van der Waals surface area contributed by atoms with Crippen LogP contribution in [0.1, 0.15) is 4.88 Å². The Balaban J connectivity index is 2.31. The highest BCUT2D eigenvalue weighted by molar-refractivity contribution is 8.13. The van der Waals surface area contributed by atoms with E-state index in [1.165, 1.54) is 23.1 Å². The molecule has 0 atom stereocenters. The maximum absolute atomic E-state index is 11.2. The van der Waals surface area contributed by atoms with Crippen molar-refractivity contribution in [2.45, 2.75) is 6.54 Å². The van der Waals surface area contributed by atoms with E-state index in [-0.39, 0.29) is 11.2 Å². The standard InChI is InChI=1S/C8H10ClN3OS2/c1-14-7(10)12-8(13)11-4-5-2-3-6(9)15-5/h2-3H,4H2,1H3,(H3,10,11,12,13). The number of thioether (sulfide) groups is 1. The lowest BCUT2D eigenvalue weighted by Gasteiger charge is -2.05. The minimum absolute atomic E-state index is 0.122. The topological polar surface area (TPSA) is 65.0 Å². The highest BCUT2D eigenvalue weighted by Gasteiger charge is 2.03. The van der Waals surface area contributed by atoms with Crippen molar-refractivity contribution >= 4 is 45.9 Å². The van der Waals surface area contributed by atoms with Gasteiger partial charge in [0.15, 0.2) is 5.17 Å². The van der Waals surface area contributed by atoms with E-state index in [1.54, 1.807) is 12.3 Å². The van der Waals surface area contributed by atoms with Crippen LogP contribution in [0.4, 0.5) is 4.79 Å². The maximum atomic E-state index is 11.2. The predicted octanol–water partition coefficient (Wildman–Crippen LogP) is 2.50. The zero-order valence-corrected chi connectivity index (χ0v) is 10.4. The van der Waals surface area contributed by atoms with Gasteiger partial charge in [-0.25, -0.2) is 4.79 Å². The maximum Gasteiger partial charge on any atom is 0.321 e. The molecule has 0 unspecified atom stereocenters. The number of rotatable bonds is 2. The summed E-state index contributed by atoms with van der Waals surface area (Å²) in [5.74, 6) is 0. The van der Waals surface area contributed by atoms with Crippen LogP contribution < -0.4 is 10.6 Å². The molecule has 1 aromatic heterocycles. The molecule has 0 aliphatic carbocycles. The average Bonchev–Trinajstić information content (AvgIpc) is 2.61. The second-order valence-corrected chi connectivity index (χ2v) is 5.16. The number of hydrogen-bond donors (Lipinski definition) is 3. The first kappa shape index (κ1) is 12.4. The fourth-order valence-electron chi connectivity index (χ4n) is 0.812.